The van der Waals surface area contributed by atoms with Crippen LogP contribution in [0.5, 0.6) is 5.75 Å². The first-order valence-electron chi connectivity index (χ1n) is 8.56. The SMILES string of the molecule is CC(C)c1c(O)ccc(Cc2ccccc2)c1Cc1ccccc1. The fourth-order valence-electron chi connectivity index (χ4n) is 3.33. The number of hydrogen-bond acceptors (Lipinski definition) is 1. The van der Waals surface area contributed by atoms with Crippen molar-refractivity contribution in [2.45, 2.75) is 32.6 Å². The van der Waals surface area contributed by atoms with E-state index in [0.717, 1.165) is 18.4 Å². The van der Waals surface area contributed by atoms with Crippen LogP contribution in [0, 0.1) is 0 Å². The predicted octanol–water partition coefficient (Wildman–Crippen LogP) is 5.70. The highest BCUT2D eigenvalue weighted by Crippen LogP contribution is 2.34. The van der Waals surface area contributed by atoms with E-state index < -0.39 is 0 Å². The number of hydrogen-bond donors (Lipinski definition) is 1. The van der Waals surface area contributed by atoms with Crippen molar-refractivity contribution in [3.63, 3.8) is 0 Å². The molecule has 0 fully saturated rings. The molecule has 1 nitrogen and oxygen atoms in total. The number of phenolic OH excluding ortho intramolecular Hbond substituents is 1. The molecule has 0 spiro atoms. The highest BCUT2D eigenvalue weighted by molar-refractivity contribution is 5.49. The first-order valence-corrected chi connectivity index (χ1v) is 8.56. The lowest BCUT2D eigenvalue weighted by molar-refractivity contribution is 0.463. The Bertz CT molecular complexity index is 789. The van der Waals surface area contributed by atoms with Gasteiger partial charge in [-0.2, -0.15) is 0 Å². The van der Waals surface area contributed by atoms with Crippen LogP contribution in [-0.4, -0.2) is 5.11 Å². The van der Waals surface area contributed by atoms with Crippen molar-refractivity contribution in [1.29, 1.82) is 0 Å². The topological polar surface area (TPSA) is 20.2 Å². The van der Waals surface area contributed by atoms with Crippen molar-refractivity contribution in [1.82, 2.24) is 0 Å². The lowest BCUT2D eigenvalue weighted by Gasteiger charge is -2.19. The van der Waals surface area contributed by atoms with Gasteiger partial charge in [-0.1, -0.05) is 80.6 Å². The molecule has 122 valence electrons. The third-order valence-corrected chi connectivity index (χ3v) is 4.47. The summed E-state index contributed by atoms with van der Waals surface area (Å²) < 4.78 is 0. The smallest absolute Gasteiger partial charge is 0.119 e. The molecule has 0 atom stereocenters. The summed E-state index contributed by atoms with van der Waals surface area (Å²) in [5.74, 6) is 0.701. The van der Waals surface area contributed by atoms with Crippen LogP contribution in [0.25, 0.3) is 0 Å². The maximum absolute atomic E-state index is 10.4. The number of benzene rings is 3. The monoisotopic (exact) mass is 316 g/mol. The first-order chi connectivity index (χ1) is 11.6. The Kier molecular flexibility index (Phi) is 5.00. The van der Waals surface area contributed by atoms with Gasteiger partial charge in [0.05, 0.1) is 0 Å². The van der Waals surface area contributed by atoms with Gasteiger partial charge in [-0.25, -0.2) is 0 Å². The standard InChI is InChI=1S/C23H24O/c1-17(2)23-21(16-19-11-7-4-8-12-19)20(13-14-22(23)24)15-18-9-5-3-6-10-18/h3-14,17,24H,15-16H2,1-2H3. The Labute approximate surface area is 144 Å². The molecule has 0 aromatic heterocycles. The molecule has 0 amide bonds. The van der Waals surface area contributed by atoms with Gasteiger partial charge in [-0.15, -0.1) is 0 Å². The zero-order chi connectivity index (χ0) is 16.9. The van der Waals surface area contributed by atoms with E-state index in [4.69, 9.17) is 0 Å². The first kappa shape index (κ1) is 16.3. The quantitative estimate of drug-likeness (QED) is 0.640. The van der Waals surface area contributed by atoms with E-state index in [9.17, 15) is 5.11 Å². The van der Waals surface area contributed by atoms with Gasteiger partial charge in [0, 0.05) is 5.56 Å². The summed E-state index contributed by atoms with van der Waals surface area (Å²) in [5, 5.41) is 10.4. The lowest BCUT2D eigenvalue weighted by Crippen LogP contribution is -2.04. The van der Waals surface area contributed by atoms with E-state index in [1.807, 2.05) is 18.2 Å². The zero-order valence-corrected chi connectivity index (χ0v) is 14.4. The minimum atomic E-state index is 0.291. The van der Waals surface area contributed by atoms with Gasteiger partial charge in [0.2, 0.25) is 0 Å². The highest BCUT2D eigenvalue weighted by Gasteiger charge is 2.16. The zero-order valence-electron chi connectivity index (χ0n) is 14.4. The summed E-state index contributed by atoms with van der Waals surface area (Å²) in [4.78, 5) is 0. The van der Waals surface area contributed by atoms with Gasteiger partial charge in [0.25, 0.3) is 0 Å². The molecule has 3 rings (SSSR count). The molecule has 0 aliphatic rings. The molecule has 0 aliphatic heterocycles. The van der Waals surface area contributed by atoms with Crippen LogP contribution in [0.4, 0.5) is 0 Å². The third-order valence-electron chi connectivity index (χ3n) is 4.47. The van der Waals surface area contributed by atoms with Crippen LogP contribution in [0.1, 0.15) is 47.6 Å². The Morgan fingerprint density at radius 2 is 1.25 bits per heavy atom. The van der Waals surface area contributed by atoms with E-state index in [0.29, 0.717) is 11.7 Å². The second kappa shape index (κ2) is 7.35. The second-order valence-corrected chi connectivity index (χ2v) is 6.62. The third kappa shape index (κ3) is 3.68. The summed E-state index contributed by atoms with van der Waals surface area (Å²) in [6.07, 6.45) is 1.74. The van der Waals surface area contributed by atoms with Crippen molar-refractivity contribution in [2.24, 2.45) is 0 Å². The van der Waals surface area contributed by atoms with E-state index >= 15 is 0 Å². The second-order valence-electron chi connectivity index (χ2n) is 6.62. The van der Waals surface area contributed by atoms with E-state index in [1.165, 1.54) is 22.3 Å². The van der Waals surface area contributed by atoms with Crippen LogP contribution in [0.2, 0.25) is 0 Å². The average molecular weight is 316 g/mol. The minimum absolute atomic E-state index is 0.291. The van der Waals surface area contributed by atoms with Gasteiger partial charge in [0.1, 0.15) is 5.75 Å². The molecule has 0 saturated carbocycles. The molecule has 0 aliphatic carbocycles. The molecular formula is C23H24O. The molecule has 0 saturated heterocycles. The Balaban J connectivity index is 2.05. The van der Waals surface area contributed by atoms with Crippen molar-refractivity contribution in [3.05, 3.63) is 101 Å². The van der Waals surface area contributed by atoms with Gasteiger partial charge < -0.3 is 5.11 Å². The summed E-state index contributed by atoms with van der Waals surface area (Å²) in [5.41, 5.74) is 6.21. The maximum Gasteiger partial charge on any atom is 0.119 e. The maximum atomic E-state index is 10.4. The molecule has 0 radical (unpaired) electrons. The number of aromatic hydroxyl groups is 1. The molecule has 3 aromatic rings. The Morgan fingerprint density at radius 3 is 1.79 bits per heavy atom. The molecule has 0 heterocycles. The number of rotatable bonds is 5. The molecule has 0 unspecified atom stereocenters. The fourth-order valence-corrected chi connectivity index (χ4v) is 3.33. The van der Waals surface area contributed by atoms with E-state index in [1.54, 1.807) is 0 Å². The van der Waals surface area contributed by atoms with Crippen LogP contribution >= 0.6 is 0 Å². The normalized spacial score (nSPS) is 11.0. The predicted molar refractivity (Wildman–Crippen MR) is 101 cm³/mol. The van der Waals surface area contributed by atoms with Crippen LogP contribution in [0.3, 0.4) is 0 Å². The Hall–Kier alpha value is -2.54. The molecule has 1 N–H and O–H groups in total. The lowest BCUT2D eigenvalue weighted by atomic mass is 9.86. The Morgan fingerprint density at radius 1 is 0.708 bits per heavy atom. The van der Waals surface area contributed by atoms with Crippen molar-refractivity contribution < 1.29 is 5.11 Å². The van der Waals surface area contributed by atoms with E-state index in [-0.39, 0.29) is 0 Å². The van der Waals surface area contributed by atoms with Gasteiger partial charge in [0.15, 0.2) is 0 Å². The minimum Gasteiger partial charge on any atom is -0.508 e. The summed E-state index contributed by atoms with van der Waals surface area (Å²) >= 11 is 0. The fraction of sp³-hybridized carbons (Fsp3) is 0.217. The van der Waals surface area contributed by atoms with Gasteiger partial charge in [-0.05, 0) is 47.1 Å². The van der Waals surface area contributed by atoms with Crippen LogP contribution < -0.4 is 0 Å². The molecule has 0 bridgehead atoms. The molecule has 1 heteroatoms. The van der Waals surface area contributed by atoms with Crippen LogP contribution in [-0.2, 0) is 12.8 Å². The highest BCUT2D eigenvalue weighted by atomic mass is 16.3. The summed E-state index contributed by atoms with van der Waals surface area (Å²) in [6.45, 7) is 4.30. The number of phenols is 1. The molecule has 3 aromatic carbocycles. The summed E-state index contributed by atoms with van der Waals surface area (Å²) in [6, 6.07) is 24.9. The van der Waals surface area contributed by atoms with Gasteiger partial charge in [-0.3, -0.25) is 0 Å². The van der Waals surface area contributed by atoms with Gasteiger partial charge >= 0.3 is 0 Å². The average Bonchev–Trinajstić information content (AvgIpc) is 2.59. The van der Waals surface area contributed by atoms with Crippen LogP contribution in [0.15, 0.2) is 72.8 Å². The van der Waals surface area contributed by atoms with E-state index in [2.05, 4.69) is 68.4 Å². The molecular weight excluding hydrogens is 292 g/mol. The largest absolute Gasteiger partial charge is 0.508 e. The molecule has 24 heavy (non-hydrogen) atoms. The summed E-state index contributed by atoms with van der Waals surface area (Å²) in [7, 11) is 0. The van der Waals surface area contributed by atoms with Crippen molar-refractivity contribution in [2.75, 3.05) is 0 Å². The van der Waals surface area contributed by atoms with Crippen molar-refractivity contribution in [3.8, 4) is 5.75 Å². The van der Waals surface area contributed by atoms with Crippen molar-refractivity contribution >= 4 is 0 Å².